The van der Waals surface area contributed by atoms with Crippen molar-refractivity contribution >= 4 is 0 Å². The Morgan fingerprint density at radius 2 is 2.15 bits per heavy atom. The molecule has 20 heavy (non-hydrogen) atoms. The number of rotatable bonds is 5. The van der Waals surface area contributed by atoms with Crippen LogP contribution in [0.25, 0.3) is 5.69 Å². The summed E-state index contributed by atoms with van der Waals surface area (Å²) < 4.78 is 1.99. The summed E-state index contributed by atoms with van der Waals surface area (Å²) in [6.07, 6.45) is 9.28. The molecule has 2 N–H and O–H groups in total. The Labute approximate surface area is 117 Å². The average Bonchev–Trinajstić information content (AvgIpc) is 3.18. The van der Waals surface area contributed by atoms with Crippen molar-refractivity contribution in [2.24, 2.45) is 0 Å². The molecule has 1 aromatic carbocycles. The number of nitrogens with zero attached hydrogens (tertiary/aromatic N) is 3. The molecule has 3 rings (SSSR count). The molecule has 1 unspecified atom stereocenters. The number of aromatic nitrogens is 4. The SMILES string of the molecule is CC(NCc1ccc(-n2ccnc2)cc1)c1cn[nH]c1. The standard InChI is InChI=1S/C15H17N5/c1-12(14-9-18-19-10-14)17-8-13-2-4-15(5-3-13)20-7-6-16-11-20/h2-7,9-12,17H,8H2,1H3,(H,18,19). The molecule has 1 atom stereocenters. The highest BCUT2D eigenvalue weighted by Crippen LogP contribution is 2.12. The topological polar surface area (TPSA) is 58.5 Å². The van der Waals surface area contributed by atoms with E-state index in [9.17, 15) is 0 Å². The summed E-state index contributed by atoms with van der Waals surface area (Å²) >= 11 is 0. The van der Waals surface area contributed by atoms with Gasteiger partial charge >= 0.3 is 0 Å². The van der Waals surface area contributed by atoms with E-state index in [0.717, 1.165) is 12.2 Å². The van der Waals surface area contributed by atoms with Gasteiger partial charge in [0.15, 0.2) is 0 Å². The molecule has 0 spiro atoms. The summed E-state index contributed by atoms with van der Waals surface area (Å²) in [6, 6.07) is 8.74. The number of hydrogen-bond acceptors (Lipinski definition) is 3. The van der Waals surface area contributed by atoms with Crippen molar-refractivity contribution < 1.29 is 0 Å². The maximum absolute atomic E-state index is 4.05. The Kier molecular flexibility index (Phi) is 3.60. The number of aromatic amines is 1. The van der Waals surface area contributed by atoms with E-state index in [1.807, 2.05) is 23.2 Å². The monoisotopic (exact) mass is 267 g/mol. The van der Waals surface area contributed by atoms with E-state index in [-0.39, 0.29) is 6.04 Å². The molecule has 102 valence electrons. The number of benzene rings is 1. The summed E-state index contributed by atoms with van der Waals surface area (Å²) in [5.74, 6) is 0. The lowest BCUT2D eigenvalue weighted by Crippen LogP contribution is -2.17. The molecule has 2 aromatic heterocycles. The fourth-order valence-corrected chi connectivity index (χ4v) is 2.08. The van der Waals surface area contributed by atoms with Crippen LogP contribution in [0.3, 0.4) is 0 Å². The lowest BCUT2D eigenvalue weighted by Gasteiger charge is -2.12. The van der Waals surface area contributed by atoms with Crippen LogP contribution in [0.15, 0.2) is 55.4 Å². The van der Waals surface area contributed by atoms with Gasteiger partial charge < -0.3 is 9.88 Å². The zero-order valence-corrected chi connectivity index (χ0v) is 11.3. The minimum atomic E-state index is 0.280. The molecule has 0 aliphatic rings. The molecule has 3 aromatic rings. The molecule has 0 amide bonds. The van der Waals surface area contributed by atoms with Crippen LogP contribution >= 0.6 is 0 Å². The molecule has 0 aliphatic heterocycles. The third-order valence-electron chi connectivity index (χ3n) is 3.37. The Morgan fingerprint density at radius 3 is 2.80 bits per heavy atom. The van der Waals surface area contributed by atoms with E-state index in [2.05, 4.69) is 51.7 Å². The summed E-state index contributed by atoms with van der Waals surface area (Å²) in [6.45, 7) is 2.96. The van der Waals surface area contributed by atoms with Crippen molar-refractivity contribution in [3.8, 4) is 5.69 Å². The van der Waals surface area contributed by atoms with Gasteiger partial charge in [0.25, 0.3) is 0 Å². The summed E-state index contributed by atoms with van der Waals surface area (Å²) in [5, 5.41) is 10.3. The molecule has 2 heterocycles. The van der Waals surface area contributed by atoms with Gasteiger partial charge in [-0.2, -0.15) is 5.10 Å². The van der Waals surface area contributed by atoms with Crippen LogP contribution in [-0.4, -0.2) is 19.7 Å². The van der Waals surface area contributed by atoms with Gasteiger partial charge in [-0.25, -0.2) is 4.98 Å². The summed E-state index contributed by atoms with van der Waals surface area (Å²) in [7, 11) is 0. The second-order valence-corrected chi connectivity index (χ2v) is 4.77. The molecule has 5 nitrogen and oxygen atoms in total. The Bertz CT molecular complexity index is 625. The predicted molar refractivity (Wildman–Crippen MR) is 77.4 cm³/mol. The number of nitrogens with one attached hydrogen (secondary N) is 2. The normalized spacial score (nSPS) is 12.4. The van der Waals surface area contributed by atoms with E-state index < -0.39 is 0 Å². The van der Waals surface area contributed by atoms with Crippen molar-refractivity contribution in [3.63, 3.8) is 0 Å². The quantitative estimate of drug-likeness (QED) is 0.746. The van der Waals surface area contributed by atoms with Crippen LogP contribution in [0.1, 0.15) is 24.1 Å². The summed E-state index contributed by atoms with van der Waals surface area (Å²) in [4.78, 5) is 4.05. The minimum Gasteiger partial charge on any atom is -0.306 e. The predicted octanol–water partition coefficient (Wildman–Crippen LogP) is 2.45. The van der Waals surface area contributed by atoms with Gasteiger partial charge in [-0.05, 0) is 24.6 Å². The first-order chi connectivity index (χ1) is 9.83. The third-order valence-corrected chi connectivity index (χ3v) is 3.37. The van der Waals surface area contributed by atoms with E-state index in [4.69, 9.17) is 0 Å². The van der Waals surface area contributed by atoms with E-state index in [0.29, 0.717) is 0 Å². The second kappa shape index (κ2) is 5.71. The van der Waals surface area contributed by atoms with Gasteiger partial charge in [-0.1, -0.05) is 12.1 Å². The maximum atomic E-state index is 4.05. The fraction of sp³-hybridized carbons (Fsp3) is 0.200. The molecule has 0 bridgehead atoms. The highest BCUT2D eigenvalue weighted by Gasteiger charge is 2.05. The first-order valence-electron chi connectivity index (χ1n) is 6.62. The fourth-order valence-electron chi connectivity index (χ4n) is 2.08. The Balaban J connectivity index is 1.61. The highest BCUT2D eigenvalue weighted by atomic mass is 15.1. The van der Waals surface area contributed by atoms with Crippen molar-refractivity contribution in [2.75, 3.05) is 0 Å². The van der Waals surface area contributed by atoms with Crippen molar-refractivity contribution in [1.82, 2.24) is 25.1 Å². The van der Waals surface area contributed by atoms with Gasteiger partial charge in [-0.15, -0.1) is 0 Å². The average molecular weight is 267 g/mol. The van der Waals surface area contributed by atoms with E-state index in [1.54, 1.807) is 12.5 Å². The maximum Gasteiger partial charge on any atom is 0.0991 e. The molecular weight excluding hydrogens is 250 g/mol. The Morgan fingerprint density at radius 1 is 1.30 bits per heavy atom. The van der Waals surface area contributed by atoms with Crippen LogP contribution in [0.4, 0.5) is 0 Å². The molecule has 0 saturated carbocycles. The highest BCUT2D eigenvalue weighted by molar-refractivity contribution is 5.34. The second-order valence-electron chi connectivity index (χ2n) is 4.77. The zero-order valence-electron chi connectivity index (χ0n) is 11.3. The van der Waals surface area contributed by atoms with Gasteiger partial charge in [0, 0.05) is 42.4 Å². The van der Waals surface area contributed by atoms with Crippen molar-refractivity contribution in [3.05, 3.63) is 66.5 Å². The number of imidazole rings is 1. The number of H-pyrrole nitrogens is 1. The molecule has 0 radical (unpaired) electrons. The largest absolute Gasteiger partial charge is 0.306 e. The van der Waals surface area contributed by atoms with Crippen LogP contribution in [0.2, 0.25) is 0 Å². The van der Waals surface area contributed by atoms with Crippen LogP contribution in [-0.2, 0) is 6.54 Å². The first kappa shape index (κ1) is 12.6. The zero-order chi connectivity index (χ0) is 13.8. The Hall–Kier alpha value is -2.40. The van der Waals surface area contributed by atoms with Gasteiger partial charge in [0.1, 0.15) is 0 Å². The van der Waals surface area contributed by atoms with Crippen molar-refractivity contribution in [1.29, 1.82) is 0 Å². The van der Waals surface area contributed by atoms with Gasteiger partial charge in [0.05, 0.1) is 12.5 Å². The molecule has 5 heteroatoms. The van der Waals surface area contributed by atoms with Gasteiger partial charge in [-0.3, -0.25) is 5.10 Å². The van der Waals surface area contributed by atoms with Crippen LogP contribution < -0.4 is 5.32 Å². The molecule has 0 fully saturated rings. The van der Waals surface area contributed by atoms with Crippen LogP contribution in [0.5, 0.6) is 0 Å². The van der Waals surface area contributed by atoms with Crippen LogP contribution in [0, 0.1) is 0 Å². The van der Waals surface area contributed by atoms with E-state index >= 15 is 0 Å². The lowest BCUT2D eigenvalue weighted by molar-refractivity contribution is 0.575. The van der Waals surface area contributed by atoms with E-state index in [1.165, 1.54) is 11.1 Å². The molecule has 0 aliphatic carbocycles. The molecular formula is C15H17N5. The van der Waals surface area contributed by atoms with Crippen molar-refractivity contribution in [2.45, 2.75) is 19.5 Å². The third kappa shape index (κ3) is 2.78. The van der Waals surface area contributed by atoms with Gasteiger partial charge in [0.2, 0.25) is 0 Å². The number of hydrogen-bond donors (Lipinski definition) is 2. The smallest absolute Gasteiger partial charge is 0.0991 e. The summed E-state index contributed by atoms with van der Waals surface area (Å²) in [5.41, 5.74) is 3.54. The first-order valence-corrected chi connectivity index (χ1v) is 6.62. The molecule has 0 saturated heterocycles. The lowest BCUT2D eigenvalue weighted by atomic mass is 10.1. The minimum absolute atomic E-state index is 0.280.